The first kappa shape index (κ1) is 16.1. The van der Waals surface area contributed by atoms with Gasteiger partial charge in [-0.15, -0.1) is 0 Å². The summed E-state index contributed by atoms with van der Waals surface area (Å²) in [5, 5.41) is 0.924. The van der Waals surface area contributed by atoms with E-state index in [0.29, 0.717) is 24.6 Å². The lowest BCUT2D eigenvalue weighted by molar-refractivity contribution is 0.0744. The van der Waals surface area contributed by atoms with Gasteiger partial charge in [0.1, 0.15) is 5.76 Å². The van der Waals surface area contributed by atoms with Crippen molar-refractivity contribution in [2.45, 2.75) is 24.3 Å². The van der Waals surface area contributed by atoms with E-state index in [2.05, 4.69) is 11.9 Å². The lowest BCUT2D eigenvalue weighted by atomic mass is 9.90. The van der Waals surface area contributed by atoms with Gasteiger partial charge >= 0.3 is 0 Å². The summed E-state index contributed by atoms with van der Waals surface area (Å²) < 4.78 is 7.67. The minimum Gasteiger partial charge on any atom is -0.455 e. The second-order valence-electron chi connectivity index (χ2n) is 6.37. The van der Waals surface area contributed by atoms with Crippen molar-refractivity contribution in [2.75, 3.05) is 19.6 Å². The standard InChI is InChI=1S/C16H22N4O2S/c1-16(10-17)5-7-20(11-16)14(21)13-4-3-12(22-13)9-23-15-18-6-8-19(15)2/h3-4,6,8H,5,7,9-11,17H2,1-2H3. The zero-order valence-corrected chi connectivity index (χ0v) is 14.3. The van der Waals surface area contributed by atoms with Crippen molar-refractivity contribution in [1.82, 2.24) is 14.5 Å². The van der Waals surface area contributed by atoms with Crippen LogP contribution in [-0.4, -0.2) is 40.0 Å². The molecule has 3 heterocycles. The molecule has 2 N–H and O–H groups in total. The third kappa shape index (κ3) is 3.45. The number of carbonyl (C=O) groups is 1. The van der Waals surface area contributed by atoms with E-state index in [4.69, 9.17) is 10.2 Å². The Labute approximate surface area is 140 Å². The molecule has 0 saturated carbocycles. The number of carbonyl (C=O) groups excluding carboxylic acids is 1. The topological polar surface area (TPSA) is 77.3 Å². The fourth-order valence-electron chi connectivity index (χ4n) is 2.72. The number of furan rings is 1. The Hall–Kier alpha value is -1.73. The number of hydrogen-bond donors (Lipinski definition) is 1. The third-order valence-corrected chi connectivity index (χ3v) is 5.41. The summed E-state index contributed by atoms with van der Waals surface area (Å²) in [6.07, 6.45) is 4.61. The lowest BCUT2D eigenvalue weighted by Crippen LogP contribution is -2.34. The predicted octanol–water partition coefficient (Wildman–Crippen LogP) is 2.12. The lowest BCUT2D eigenvalue weighted by Gasteiger charge is -2.21. The number of amides is 1. The maximum absolute atomic E-state index is 12.5. The number of hydrogen-bond acceptors (Lipinski definition) is 5. The fourth-order valence-corrected chi connectivity index (χ4v) is 3.54. The largest absolute Gasteiger partial charge is 0.455 e. The molecule has 1 amide bonds. The molecule has 23 heavy (non-hydrogen) atoms. The number of likely N-dealkylation sites (tertiary alicyclic amines) is 1. The van der Waals surface area contributed by atoms with Crippen LogP contribution in [0.4, 0.5) is 0 Å². The highest BCUT2D eigenvalue weighted by molar-refractivity contribution is 7.98. The van der Waals surface area contributed by atoms with Gasteiger partial charge in [0.25, 0.3) is 5.91 Å². The van der Waals surface area contributed by atoms with Gasteiger partial charge in [-0.1, -0.05) is 18.7 Å². The summed E-state index contributed by atoms with van der Waals surface area (Å²) in [6.45, 7) is 4.16. The number of imidazole rings is 1. The highest BCUT2D eigenvalue weighted by atomic mass is 32.2. The molecule has 3 rings (SSSR count). The molecule has 6 nitrogen and oxygen atoms in total. The summed E-state index contributed by atoms with van der Waals surface area (Å²) in [7, 11) is 1.95. The molecule has 0 bridgehead atoms. The first-order chi connectivity index (χ1) is 11.0. The Morgan fingerprint density at radius 2 is 2.35 bits per heavy atom. The van der Waals surface area contributed by atoms with E-state index < -0.39 is 0 Å². The van der Waals surface area contributed by atoms with E-state index in [1.54, 1.807) is 24.0 Å². The quantitative estimate of drug-likeness (QED) is 0.848. The second-order valence-corrected chi connectivity index (χ2v) is 7.31. The van der Waals surface area contributed by atoms with Crippen LogP contribution in [0.25, 0.3) is 0 Å². The number of nitrogens with two attached hydrogens (primary N) is 1. The molecule has 0 spiro atoms. The summed E-state index contributed by atoms with van der Waals surface area (Å²) in [4.78, 5) is 18.6. The van der Waals surface area contributed by atoms with Crippen LogP contribution in [0.2, 0.25) is 0 Å². The summed E-state index contributed by atoms with van der Waals surface area (Å²) in [5.74, 6) is 1.79. The van der Waals surface area contributed by atoms with Gasteiger partial charge < -0.3 is 19.6 Å². The van der Waals surface area contributed by atoms with E-state index in [1.807, 2.05) is 28.8 Å². The van der Waals surface area contributed by atoms with Crippen LogP contribution in [0.15, 0.2) is 34.1 Å². The van der Waals surface area contributed by atoms with Gasteiger partial charge in [0.2, 0.25) is 0 Å². The molecule has 1 unspecified atom stereocenters. The molecule has 0 radical (unpaired) electrons. The van der Waals surface area contributed by atoms with Gasteiger partial charge in [-0.2, -0.15) is 0 Å². The van der Waals surface area contributed by atoms with Gasteiger partial charge in [-0.25, -0.2) is 4.98 Å². The normalized spacial score (nSPS) is 21.1. The molecule has 2 aromatic rings. The fraction of sp³-hybridized carbons (Fsp3) is 0.500. The molecule has 1 atom stereocenters. The molecule has 1 aliphatic heterocycles. The summed E-state index contributed by atoms with van der Waals surface area (Å²) in [5.41, 5.74) is 5.83. The number of thioether (sulfide) groups is 1. The zero-order valence-electron chi connectivity index (χ0n) is 13.5. The second kappa shape index (κ2) is 6.41. The van der Waals surface area contributed by atoms with Gasteiger partial charge in [0.05, 0.1) is 5.75 Å². The van der Waals surface area contributed by atoms with E-state index in [9.17, 15) is 4.79 Å². The number of nitrogens with zero attached hydrogens (tertiary/aromatic N) is 3. The maximum Gasteiger partial charge on any atom is 0.289 e. The van der Waals surface area contributed by atoms with Crippen LogP contribution in [0.5, 0.6) is 0 Å². The van der Waals surface area contributed by atoms with E-state index in [-0.39, 0.29) is 11.3 Å². The summed E-state index contributed by atoms with van der Waals surface area (Å²) >= 11 is 1.58. The zero-order chi connectivity index (χ0) is 16.4. The Kier molecular flexibility index (Phi) is 4.50. The van der Waals surface area contributed by atoms with Crippen molar-refractivity contribution in [3.05, 3.63) is 36.0 Å². The third-order valence-electron chi connectivity index (χ3n) is 4.33. The van der Waals surface area contributed by atoms with Crippen molar-refractivity contribution < 1.29 is 9.21 Å². The molecule has 124 valence electrons. The predicted molar refractivity (Wildman–Crippen MR) is 89.2 cm³/mol. The van der Waals surface area contributed by atoms with Gasteiger partial charge in [-0.05, 0) is 30.5 Å². The van der Waals surface area contributed by atoms with Crippen molar-refractivity contribution in [1.29, 1.82) is 0 Å². The summed E-state index contributed by atoms with van der Waals surface area (Å²) in [6, 6.07) is 3.62. The van der Waals surface area contributed by atoms with Crippen LogP contribution in [0.1, 0.15) is 29.7 Å². The molecule has 0 aromatic carbocycles. The Morgan fingerprint density at radius 1 is 1.52 bits per heavy atom. The maximum atomic E-state index is 12.5. The van der Waals surface area contributed by atoms with E-state index in [0.717, 1.165) is 23.9 Å². The highest BCUT2D eigenvalue weighted by Gasteiger charge is 2.36. The highest BCUT2D eigenvalue weighted by Crippen LogP contribution is 2.30. The minimum absolute atomic E-state index is 0.0269. The molecular formula is C16H22N4O2S. The molecule has 1 fully saturated rings. The smallest absolute Gasteiger partial charge is 0.289 e. The average Bonchev–Trinajstić information content (AvgIpc) is 3.25. The van der Waals surface area contributed by atoms with Crippen LogP contribution >= 0.6 is 11.8 Å². The van der Waals surface area contributed by atoms with Crippen LogP contribution in [0, 0.1) is 5.41 Å². The van der Waals surface area contributed by atoms with Crippen LogP contribution in [-0.2, 0) is 12.8 Å². The van der Waals surface area contributed by atoms with Gasteiger partial charge in [0, 0.05) is 32.5 Å². The number of aryl methyl sites for hydroxylation is 1. The van der Waals surface area contributed by atoms with Crippen LogP contribution < -0.4 is 5.73 Å². The number of aromatic nitrogens is 2. The van der Waals surface area contributed by atoms with Crippen molar-refractivity contribution in [3.8, 4) is 0 Å². The van der Waals surface area contributed by atoms with Gasteiger partial charge in [0.15, 0.2) is 10.9 Å². The van der Waals surface area contributed by atoms with Crippen molar-refractivity contribution >= 4 is 17.7 Å². The SMILES string of the molecule is Cn1ccnc1SCc1ccc(C(=O)N2CCC(C)(CN)C2)o1. The first-order valence-electron chi connectivity index (χ1n) is 7.69. The Balaban J connectivity index is 1.61. The number of rotatable bonds is 5. The molecule has 0 aliphatic carbocycles. The molecular weight excluding hydrogens is 312 g/mol. The van der Waals surface area contributed by atoms with Crippen LogP contribution in [0.3, 0.4) is 0 Å². The first-order valence-corrected chi connectivity index (χ1v) is 8.67. The average molecular weight is 334 g/mol. The Morgan fingerprint density at radius 3 is 3.00 bits per heavy atom. The van der Waals surface area contributed by atoms with Crippen molar-refractivity contribution in [2.24, 2.45) is 18.2 Å². The monoisotopic (exact) mass is 334 g/mol. The van der Waals surface area contributed by atoms with Gasteiger partial charge in [-0.3, -0.25) is 4.79 Å². The molecule has 2 aromatic heterocycles. The molecule has 7 heteroatoms. The van der Waals surface area contributed by atoms with Crippen molar-refractivity contribution in [3.63, 3.8) is 0 Å². The minimum atomic E-state index is -0.0459. The van der Waals surface area contributed by atoms with E-state index in [1.165, 1.54) is 0 Å². The molecule has 1 aliphatic rings. The Bertz CT molecular complexity index is 696. The molecule has 1 saturated heterocycles. The van der Waals surface area contributed by atoms with E-state index >= 15 is 0 Å².